The van der Waals surface area contributed by atoms with Gasteiger partial charge in [0.1, 0.15) is 4.90 Å². The van der Waals surface area contributed by atoms with Crippen molar-refractivity contribution in [1.29, 1.82) is 0 Å². The molecule has 29 heavy (non-hydrogen) atoms. The summed E-state index contributed by atoms with van der Waals surface area (Å²) < 4.78 is 34.0. The molecular weight excluding hydrogens is 441 g/mol. The normalized spacial score (nSPS) is 15.5. The lowest BCUT2D eigenvalue weighted by molar-refractivity contribution is 0.0730. The number of hydrogen-bond donors (Lipinski definition) is 1. The maximum absolute atomic E-state index is 13.0. The van der Waals surface area contributed by atoms with Crippen LogP contribution in [0.25, 0.3) is 5.65 Å². The van der Waals surface area contributed by atoms with E-state index in [-0.39, 0.29) is 52.8 Å². The fourth-order valence-electron chi connectivity index (χ4n) is 2.92. The van der Waals surface area contributed by atoms with E-state index in [9.17, 15) is 13.2 Å². The van der Waals surface area contributed by atoms with Gasteiger partial charge in [-0.2, -0.15) is 4.31 Å². The van der Waals surface area contributed by atoms with Gasteiger partial charge in [0.25, 0.3) is 5.91 Å². The van der Waals surface area contributed by atoms with Gasteiger partial charge in [-0.05, 0) is 24.3 Å². The molecular formula is C17H15Cl2N5O4S. The largest absolute Gasteiger partial charge is 0.379 e. The van der Waals surface area contributed by atoms with Crippen LogP contribution in [-0.2, 0) is 14.8 Å². The van der Waals surface area contributed by atoms with Crippen LogP contribution in [0.3, 0.4) is 0 Å². The summed E-state index contributed by atoms with van der Waals surface area (Å²) in [6.45, 7) is 0.985. The van der Waals surface area contributed by atoms with Gasteiger partial charge in [0.2, 0.25) is 16.0 Å². The van der Waals surface area contributed by atoms with E-state index in [0.29, 0.717) is 5.65 Å². The molecule has 3 aromatic rings. The average molecular weight is 456 g/mol. The first-order valence-corrected chi connectivity index (χ1v) is 10.8. The molecule has 1 saturated heterocycles. The quantitative estimate of drug-likeness (QED) is 0.646. The van der Waals surface area contributed by atoms with E-state index in [4.69, 9.17) is 27.9 Å². The Morgan fingerprint density at radius 3 is 2.62 bits per heavy atom. The Hall–Kier alpha value is -2.24. The van der Waals surface area contributed by atoms with Gasteiger partial charge in [0, 0.05) is 19.3 Å². The molecule has 0 spiro atoms. The van der Waals surface area contributed by atoms with Gasteiger partial charge in [0.15, 0.2) is 5.65 Å². The minimum Gasteiger partial charge on any atom is -0.379 e. The molecule has 152 valence electrons. The van der Waals surface area contributed by atoms with Crippen molar-refractivity contribution in [3.63, 3.8) is 0 Å². The van der Waals surface area contributed by atoms with Gasteiger partial charge in [0.05, 0.1) is 28.8 Å². The van der Waals surface area contributed by atoms with Crippen molar-refractivity contribution >= 4 is 50.7 Å². The number of nitrogens with one attached hydrogen (secondary N) is 1. The number of carbonyl (C=O) groups excluding carboxylic acids is 1. The molecule has 12 heteroatoms. The van der Waals surface area contributed by atoms with Crippen molar-refractivity contribution in [3.05, 3.63) is 52.1 Å². The van der Waals surface area contributed by atoms with Gasteiger partial charge in [-0.3, -0.25) is 14.5 Å². The SMILES string of the molecule is O=C(Nc1nnc2ccccn12)c1cc(S(=O)(=O)N2CCOCC2)c(Cl)cc1Cl. The second kappa shape index (κ2) is 7.88. The molecule has 0 bridgehead atoms. The van der Waals surface area contributed by atoms with Crippen molar-refractivity contribution < 1.29 is 17.9 Å². The lowest BCUT2D eigenvalue weighted by atomic mass is 10.2. The Balaban J connectivity index is 1.69. The molecule has 0 aliphatic carbocycles. The lowest BCUT2D eigenvalue weighted by Crippen LogP contribution is -2.40. The molecule has 9 nitrogen and oxygen atoms in total. The Bertz CT molecular complexity index is 1190. The zero-order valence-corrected chi connectivity index (χ0v) is 17.2. The van der Waals surface area contributed by atoms with E-state index in [1.165, 1.54) is 16.4 Å². The summed E-state index contributed by atoms with van der Waals surface area (Å²) in [5.41, 5.74) is 0.496. The van der Waals surface area contributed by atoms with Crippen LogP contribution in [0.1, 0.15) is 10.4 Å². The molecule has 1 N–H and O–H groups in total. The highest BCUT2D eigenvalue weighted by Gasteiger charge is 2.30. The molecule has 0 saturated carbocycles. The Morgan fingerprint density at radius 1 is 1.10 bits per heavy atom. The average Bonchev–Trinajstić information content (AvgIpc) is 3.11. The van der Waals surface area contributed by atoms with Crippen molar-refractivity contribution in [1.82, 2.24) is 18.9 Å². The molecule has 0 atom stereocenters. The van der Waals surface area contributed by atoms with Crippen LogP contribution in [0, 0.1) is 0 Å². The number of fused-ring (bicyclic) bond motifs is 1. The number of hydrogen-bond acceptors (Lipinski definition) is 6. The van der Waals surface area contributed by atoms with Crippen LogP contribution in [0.5, 0.6) is 0 Å². The molecule has 1 amide bonds. The standard InChI is InChI=1S/C17H15Cl2N5O4S/c18-12-10-13(19)14(29(26,27)23-5-7-28-8-6-23)9-11(12)16(25)20-17-22-21-15-3-1-2-4-24(15)17/h1-4,9-10H,5-8H2,(H,20,22,25). The zero-order chi connectivity index (χ0) is 20.6. The van der Waals surface area contributed by atoms with Crippen LogP contribution in [-0.4, -0.2) is 59.5 Å². The first-order chi connectivity index (χ1) is 13.9. The van der Waals surface area contributed by atoms with Gasteiger partial charge >= 0.3 is 0 Å². The van der Waals surface area contributed by atoms with Crippen molar-refractivity contribution in [2.45, 2.75) is 4.90 Å². The summed E-state index contributed by atoms with van der Waals surface area (Å²) in [5.74, 6) is -0.461. The summed E-state index contributed by atoms with van der Waals surface area (Å²) >= 11 is 12.3. The van der Waals surface area contributed by atoms with Crippen LogP contribution in [0.15, 0.2) is 41.4 Å². The minimum absolute atomic E-state index is 0.0160. The molecule has 0 radical (unpaired) electrons. The van der Waals surface area contributed by atoms with Gasteiger partial charge in [-0.1, -0.05) is 29.3 Å². The summed E-state index contributed by atoms with van der Waals surface area (Å²) in [5, 5.41) is 10.4. The fraction of sp³-hybridized carbons (Fsp3) is 0.235. The molecule has 1 aliphatic heterocycles. The number of morpholine rings is 1. The number of amides is 1. The first kappa shape index (κ1) is 20.0. The minimum atomic E-state index is -3.91. The number of pyridine rings is 1. The van der Waals surface area contributed by atoms with Crippen molar-refractivity contribution in [2.75, 3.05) is 31.6 Å². The van der Waals surface area contributed by atoms with E-state index in [1.807, 2.05) is 0 Å². The molecule has 0 unspecified atom stereocenters. The van der Waals surface area contributed by atoms with E-state index in [0.717, 1.165) is 0 Å². The highest BCUT2D eigenvalue weighted by Crippen LogP contribution is 2.31. The summed E-state index contributed by atoms with van der Waals surface area (Å²) in [4.78, 5) is 12.6. The number of nitrogens with zero attached hydrogens (tertiary/aromatic N) is 4. The van der Waals surface area contributed by atoms with Crippen molar-refractivity contribution in [3.8, 4) is 0 Å². The molecule has 1 aromatic carbocycles. The number of carbonyl (C=O) groups is 1. The maximum atomic E-state index is 13.0. The second-order valence-electron chi connectivity index (χ2n) is 6.19. The number of anilines is 1. The molecule has 1 aliphatic rings. The van der Waals surface area contributed by atoms with Crippen LogP contribution < -0.4 is 5.32 Å². The number of aromatic nitrogens is 3. The van der Waals surface area contributed by atoms with E-state index >= 15 is 0 Å². The van der Waals surface area contributed by atoms with Gasteiger partial charge < -0.3 is 4.74 Å². The van der Waals surface area contributed by atoms with Gasteiger partial charge in [-0.25, -0.2) is 8.42 Å². The fourth-order valence-corrected chi connectivity index (χ4v) is 5.16. The Labute approximate surface area is 176 Å². The van der Waals surface area contributed by atoms with Crippen molar-refractivity contribution in [2.24, 2.45) is 0 Å². The topological polar surface area (TPSA) is 106 Å². The predicted octanol–water partition coefficient (Wildman–Crippen LogP) is 2.31. The lowest BCUT2D eigenvalue weighted by Gasteiger charge is -2.26. The third-order valence-electron chi connectivity index (χ3n) is 4.39. The number of ether oxygens (including phenoxy) is 1. The van der Waals surface area contributed by atoms with Gasteiger partial charge in [-0.15, -0.1) is 10.2 Å². The third-order valence-corrected chi connectivity index (χ3v) is 7.07. The third kappa shape index (κ3) is 3.81. The number of halogens is 2. The smallest absolute Gasteiger partial charge is 0.259 e. The Kier molecular flexibility index (Phi) is 5.45. The zero-order valence-electron chi connectivity index (χ0n) is 14.9. The molecule has 2 aromatic heterocycles. The van der Waals surface area contributed by atoms with E-state index in [2.05, 4.69) is 15.5 Å². The molecule has 3 heterocycles. The Morgan fingerprint density at radius 2 is 1.86 bits per heavy atom. The summed E-state index contributed by atoms with van der Waals surface area (Å²) in [6.07, 6.45) is 1.68. The monoisotopic (exact) mass is 455 g/mol. The molecule has 1 fully saturated rings. The number of sulfonamides is 1. The van der Waals surface area contributed by atoms with Crippen LogP contribution >= 0.6 is 23.2 Å². The summed E-state index contributed by atoms with van der Waals surface area (Å²) in [6, 6.07) is 7.69. The number of rotatable bonds is 4. The predicted molar refractivity (Wildman–Crippen MR) is 107 cm³/mol. The highest BCUT2D eigenvalue weighted by atomic mass is 35.5. The number of benzene rings is 1. The van der Waals surface area contributed by atoms with Crippen LogP contribution in [0.2, 0.25) is 10.0 Å². The van der Waals surface area contributed by atoms with E-state index < -0.39 is 15.9 Å². The second-order valence-corrected chi connectivity index (χ2v) is 8.91. The van der Waals surface area contributed by atoms with E-state index in [1.54, 1.807) is 28.8 Å². The maximum Gasteiger partial charge on any atom is 0.259 e. The first-order valence-electron chi connectivity index (χ1n) is 8.56. The highest BCUT2D eigenvalue weighted by molar-refractivity contribution is 7.89. The molecule has 4 rings (SSSR count). The van der Waals surface area contributed by atoms with Crippen LogP contribution in [0.4, 0.5) is 5.95 Å². The summed E-state index contributed by atoms with van der Waals surface area (Å²) in [7, 11) is -3.91.